The van der Waals surface area contributed by atoms with Crippen molar-refractivity contribution in [3.63, 3.8) is 0 Å². The Morgan fingerprint density at radius 1 is 1.08 bits per heavy atom. The zero-order chi connectivity index (χ0) is 9.94. The molecule has 0 rings (SSSR count). The van der Waals surface area contributed by atoms with Crippen molar-refractivity contribution < 1.29 is 0 Å². The van der Waals surface area contributed by atoms with Gasteiger partial charge < -0.3 is 0 Å². The van der Waals surface area contributed by atoms with Crippen LogP contribution in [0.25, 0.3) is 0 Å². The number of unbranched alkanes of at least 4 members (excludes halogenated alkanes) is 4. The molecule has 0 saturated heterocycles. The molecule has 0 aliphatic carbocycles. The number of rotatable bonds is 8. The van der Waals surface area contributed by atoms with Crippen LogP contribution in [0.1, 0.15) is 52.4 Å². The molecule has 0 N–H and O–H groups in total. The first-order valence-electron chi connectivity index (χ1n) is 5.28. The lowest BCUT2D eigenvalue weighted by molar-refractivity contribution is 0.519. The lowest BCUT2D eigenvalue weighted by Crippen LogP contribution is -1.87. The maximum atomic E-state index is 8.28. The molecule has 0 aromatic heterocycles. The summed E-state index contributed by atoms with van der Waals surface area (Å²) in [5.41, 5.74) is 0. The van der Waals surface area contributed by atoms with Gasteiger partial charge in [0.1, 0.15) is 5.40 Å². The average molecular weight is 199 g/mol. The van der Waals surface area contributed by atoms with Crippen LogP contribution in [0.15, 0.2) is 0 Å². The Morgan fingerprint density at radius 3 is 2.31 bits per heavy atom. The maximum absolute atomic E-state index is 8.28. The van der Waals surface area contributed by atoms with Crippen molar-refractivity contribution >= 4 is 11.8 Å². The minimum atomic E-state index is 0.856. The van der Waals surface area contributed by atoms with E-state index in [9.17, 15) is 0 Å². The molecular weight excluding hydrogens is 178 g/mol. The van der Waals surface area contributed by atoms with Crippen molar-refractivity contribution in [2.45, 2.75) is 52.4 Å². The van der Waals surface area contributed by atoms with Crippen LogP contribution in [0.2, 0.25) is 0 Å². The van der Waals surface area contributed by atoms with E-state index in [0.29, 0.717) is 0 Å². The summed E-state index contributed by atoms with van der Waals surface area (Å²) in [4.78, 5) is 0. The van der Waals surface area contributed by atoms with Crippen molar-refractivity contribution in [2.75, 3.05) is 5.75 Å². The van der Waals surface area contributed by atoms with Gasteiger partial charge in [-0.2, -0.15) is 5.26 Å². The summed E-state index contributed by atoms with van der Waals surface area (Å²) in [6.45, 7) is 4.56. The molecule has 0 radical (unpaired) electrons. The second-order valence-electron chi connectivity index (χ2n) is 3.89. The molecule has 1 nitrogen and oxygen atoms in total. The van der Waals surface area contributed by atoms with Crippen LogP contribution in [0.5, 0.6) is 0 Å². The summed E-state index contributed by atoms with van der Waals surface area (Å²) in [5.74, 6) is 1.87. The summed E-state index contributed by atoms with van der Waals surface area (Å²) < 4.78 is 0. The molecule has 0 spiro atoms. The Hall–Kier alpha value is -0.160. The first-order valence-corrected chi connectivity index (χ1v) is 6.26. The fraction of sp³-hybridized carbons (Fsp3) is 0.909. The minimum absolute atomic E-state index is 0.856. The van der Waals surface area contributed by atoms with Crippen molar-refractivity contribution in [3.05, 3.63) is 0 Å². The Kier molecular flexibility index (Phi) is 9.80. The quantitative estimate of drug-likeness (QED) is 0.432. The lowest BCUT2D eigenvalue weighted by Gasteiger charge is -2.03. The van der Waals surface area contributed by atoms with Crippen molar-refractivity contribution in [3.8, 4) is 5.40 Å². The molecule has 0 bridgehead atoms. The monoisotopic (exact) mass is 199 g/mol. The SMILES string of the molecule is CC(C)CCCCCCCSC#N. The highest BCUT2D eigenvalue weighted by Gasteiger charge is 1.94. The predicted molar refractivity (Wildman–Crippen MR) is 60.6 cm³/mol. The highest BCUT2D eigenvalue weighted by molar-refractivity contribution is 8.03. The molecule has 0 aromatic rings. The van der Waals surface area contributed by atoms with Crippen molar-refractivity contribution in [1.29, 1.82) is 5.26 Å². The van der Waals surface area contributed by atoms with Gasteiger partial charge in [-0.15, -0.1) is 0 Å². The van der Waals surface area contributed by atoms with Gasteiger partial charge in [0.2, 0.25) is 0 Å². The van der Waals surface area contributed by atoms with E-state index in [4.69, 9.17) is 5.26 Å². The van der Waals surface area contributed by atoms with Crippen LogP contribution in [0.4, 0.5) is 0 Å². The van der Waals surface area contributed by atoms with E-state index in [0.717, 1.165) is 11.7 Å². The number of thiocyanates is 1. The molecule has 2 heteroatoms. The molecule has 0 unspecified atom stereocenters. The molecule has 0 fully saturated rings. The van der Waals surface area contributed by atoms with Gasteiger partial charge in [-0.1, -0.05) is 46.0 Å². The molecule has 0 amide bonds. The van der Waals surface area contributed by atoms with E-state index in [-0.39, 0.29) is 0 Å². The van der Waals surface area contributed by atoms with Crippen LogP contribution in [0, 0.1) is 16.6 Å². The molecular formula is C11H21NS. The van der Waals surface area contributed by atoms with Gasteiger partial charge in [-0.3, -0.25) is 0 Å². The molecule has 13 heavy (non-hydrogen) atoms. The van der Waals surface area contributed by atoms with Crippen LogP contribution in [-0.2, 0) is 0 Å². The Morgan fingerprint density at radius 2 is 1.69 bits per heavy atom. The van der Waals surface area contributed by atoms with Crippen LogP contribution in [-0.4, -0.2) is 5.75 Å². The third-order valence-electron chi connectivity index (χ3n) is 2.09. The van der Waals surface area contributed by atoms with Crippen LogP contribution in [0.3, 0.4) is 0 Å². The van der Waals surface area contributed by atoms with Crippen LogP contribution >= 0.6 is 11.8 Å². The Labute approximate surface area is 86.9 Å². The second kappa shape index (κ2) is 9.92. The smallest absolute Gasteiger partial charge is 0.133 e. The highest BCUT2D eigenvalue weighted by Crippen LogP contribution is 2.11. The fourth-order valence-electron chi connectivity index (χ4n) is 1.30. The standard InChI is InChI=1S/C11H21NS/c1-11(2)8-6-4-3-5-7-9-13-10-12/h11H,3-9H2,1-2H3. The van der Waals surface area contributed by atoms with Gasteiger partial charge >= 0.3 is 0 Å². The third kappa shape index (κ3) is 11.8. The van der Waals surface area contributed by atoms with Gasteiger partial charge in [0.15, 0.2) is 0 Å². The molecule has 0 aliphatic heterocycles. The Bertz CT molecular complexity index is 138. The number of hydrogen-bond acceptors (Lipinski definition) is 2. The third-order valence-corrected chi connectivity index (χ3v) is 2.71. The number of thioether (sulfide) groups is 1. The van der Waals surface area contributed by atoms with Gasteiger partial charge in [-0.05, 0) is 24.1 Å². The molecule has 0 aromatic carbocycles. The zero-order valence-corrected chi connectivity index (χ0v) is 9.70. The van der Waals surface area contributed by atoms with E-state index in [1.165, 1.54) is 50.3 Å². The van der Waals surface area contributed by atoms with E-state index in [1.807, 2.05) is 0 Å². The molecule has 0 aliphatic rings. The van der Waals surface area contributed by atoms with Crippen molar-refractivity contribution in [2.24, 2.45) is 5.92 Å². The summed E-state index contributed by atoms with van der Waals surface area (Å²) in [6.07, 6.45) is 7.97. The number of nitriles is 1. The summed E-state index contributed by atoms with van der Waals surface area (Å²) in [7, 11) is 0. The highest BCUT2D eigenvalue weighted by atomic mass is 32.2. The first kappa shape index (κ1) is 12.8. The number of hydrogen-bond donors (Lipinski definition) is 0. The lowest BCUT2D eigenvalue weighted by atomic mass is 10.0. The normalized spacial score (nSPS) is 10.3. The summed E-state index contributed by atoms with van der Waals surface area (Å²) in [6, 6.07) is 0. The van der Waals surface area contributed by atoms with Crippen molar-refractivity contribution in [1.82, 2.24) is 0 Å². The summed E-state index contributed by atoms with van der Waals surface area (Å²) in [5, 5.41) is 10.4. The minimum Gasteiger partial charge on any atom is -0.185 e. The Balaban J connectivity index is 2.88. The average Bonchev–Trinajstić information content (AvgIpc) is 2.09. The number of nitrogens with zero attached hydrogens (tertiary/aromatic N) is 1. The van der Waals surface area contributed by atoms with E-state index in [2.05, 4.69) is 19.2 Å². The first-order chi connectivity index (χ1) is 6.27. The second-order valence-corrected chi connectivity index (χ2v) is 4.77. The molecule has 0 heterocycles. The summed E-state index contributed by atoms with van der Waals surface area (Å²) >= 11 is 1.38. The molecule has 76 valence electrons. The van der Waals surface area contributed by atoms with Gasteiger partial charge in [0.05, 0.1) is 0 Å². The zero-order valence-electron chi connectivity index (χ0n) is 8.88. The van der Waals surface area contributed by atoms with Gasteiger partial charge in [-0.25, -0.2) is 0 Å². The molecule has 0 saturated carbocycles. The topological polar surface area (TPSA) is 23.8 Å². The van der Waals surface area contributed by atoms with E-state index < -0.39 is 0 Å². The van der Waals surface area contributed by atoms with Gasteiger partial charge in [0.25, 0.3) is 0 Å². The molecule has 0 atom stereocenters. The van der Waals surface area contributed by atoms with Crippen LogP contribution < -0.4 is 0 Å². The van der Waals surface area contributed by atoms with E-state index >= 15 is 0 Å². The maximum Gasteiger partial charge on any atom is 0.133 e. The fourth-order valence-corrected chi connectivity index (χ4v) is 1.74. The largest absolute Gasteiger partial charge is 0.185 e. The predicted octanol–water partition coefficient (Wildman–Crippen LogP) is 4.20. The van der Waals surface area contributed by atoms with E-state index in [1.54, 1.807) is 0 Å². The van der Waals surface area contributed by atoms with Gasteiger partial charge in [0, 0.05) is 5.75 Å².